The molecule has 6 nitrogen and oxygen atoms in total. The summed E-state index contributed by atoms with van der Waals surface area (Å²) < 4.78 is 12.7. The maximum absolute atomic E-state index is 12.4. The van der Waals surface area contributed by atoms with Gasteiger partial charge in [0, 0.05) is 0 Å². The van der Waals surface area contributed by atoms with Gasteiger partial charge in [-0.1, -0.05) is 23.5 Å². The lowest BCUT2D eigenvalue weighted by atomic mass is 10.3. The quantitative estimate of drug-likeness (QED) is 0.681. The summed E-state index contributed by atoms with van der Waals surface area (Å²) in [6.45, 7) is 0.282. The van der Waals surface area contributed by atoms with Crippen molar-refractivity contribution in [3.63, 3.8) is 0 Å². The lowest BCUT2D eigenvalue weighted by molar-refractivity contribution is 0.0952. The van der Waals surface area contributed by atoms with Crippen molar-refractivity contribution in [2.24, 2.45) is 0 Å². The normalized spacial score (nSPS) is 10.5. The van der Waals surface area contributed by atoms with E-state index in [2.05, 4.69) is 5.32 Å². The molecular weight excluding hydrogens is 346 g/mol. The van der Waals surface area contributed by atoms with Gasteiger partial charge in [-0.2, -0.15) is 0 Å². The fraction of sp³-hybridized carbons (Fsp3) is 0.125. The second kappa shape index (κ2) is 6.90. The molecule has 3 aromatic rings. The van der Waals surface area contributed by atoms with Gasteiger partial charge in [0.15, 0.2) is 3.95 Å². The highest BCUT2D eigenvalue weighted by molar-refractivity contribution is 7.73. The zero-order valence-electron chi connectivity index (χ0n) is 12.8. The number of hydrogen-bond donors (Lipinski definition) is 2. The number of benzene rings is 1. The average molecular weight is 361 g/mol. The highest BCUT2D eigenvalue weighted by Gasteiger charge is 2.19. The Labute approximate surface area is 147 Å². The molecule has 24 heavy (non-hydrogen) atoms. The summed E-state index contributed by atoms with van der Waals surface area (Å²) in [5, 5.41) is 2.77. The number of carbonyl (C=O) groups excluding carboxylic acids is 1. The van der Waals surface area contributed by atoms with Gasteiger partial charge in [-0.05, 0) is 36.5 Å². The van der Waals surface area contributed by atoms with E-state index >= 15 is 0 Å². The van der Waals surface area contributed by atoms with Crippen LogP contribution in [-0.4, -0.2) is 17.6 Å². The molecule has 2 heterocycles. The SMILES string of the molecule is COc1ccccc1-n1c(N)c(C(=O)NCc2ccco2)sc1=S. The molecule has 0 saturated carbocycles. The van der Waals surface area contributed by atoms with Crippen molar-refractivity contribution >= 4 is 35.3 Å². The summed E-state index contributed by atoms with van der Waals surface area (Å²) in [7, 11) is 1.57. The van der Waals surface area contributed by atoms with Gasteiger partial charge in [-0.15, -0.1) is 0 Å². The number of methoxy groups -OCH3 is 1. The van der Waals surface area contributed by atoms with E-state index in [9.17, 15) is 4.79 Å². The number of anilines is 1. The van der Waals surface area contributed by atoms with Gasteiger partial charge >= 0.3 is 0 Å². The molecule has 124 valence electrons. The van der Waals surface area contributed by atoms with Crippen molar-refractivity contribution in [1.29, 1.82) is 0 Å². The Morgan fingerprint density at radius 2 is 2.17 bits per heavy atom. The number of nitrogens with one attached hydrogen (secondary N) is 1. The second-order valence-electron chi connectivity index (χ2n) is 4.85. The van der Waals surface area contributed by atoms with E-state index in [1.165, 1.54) is 0 Å². The van der Waals surface area contributed by atoms with Crippen LogP contribution in [0.15, 0.2) is 47.1 Å². The third-order valence-electron chi connectivity index (χ3n) is 3.38. The number of furan rings is 1. The fourth-order valence-electron chi connectivity index (χ4n) is 2.25. The first kappa shape index (κ1) is 16.3. The van der Waals surface area contributed by atoms with Gasteiger partial charge in [0.25, 0.3) is 5.91 Å². The average Bonchev–Trinajstić information content (AvgIpc) is 3.21. The van der Waals surface area contributed by atoms with Gasteiger partial charge in [0.1, 0.15) is 22.2 Å². The van der Waals surface area contributed by atoms with Crippen molar-refractivity contribution < 1.29 is 13.9 Å². The number of nitrogens with zero attached hydrogens (tertiary/aromatic N) is 1. The number of carbonyl (C=O) groups is 1. The molecule has 1 aromatic carbocycles. The molecule has 0 radical (unpaired) electrons. The molecule has 0 aliphatic rings. The minimum absolute atomic E-state index is 0.282. The van der Waals surface area contributed by atoms with Gasteiger partial charge in [0.2, 0.25) is 0 Å². The Morgan fingerprint density at radius 1 is 1.38 bits per heavy atom. The number of thiazole rings is 1. The lowest BCUT2D eigenvalue weighted by Crippen LogP contribution is -2.22. The van der Waals surface area contributed by atoms with Crippen molar-refractivity contribution in [3.05, 3.63) is 57.3 Å². The molecule has 0 fully saturated rings. The number of ether oxygens (including phenoxy) is 1. The molecule has 0 saturated heterocycles. The molecule has 0 unspecified atom stereocenters. The van der Waals surface area contributed by atoms with Crippen LogP contribution in [0, 0.1) is 3.95 Å². The van der Waals surface area contributed by atoms with E-state index in [-0.39, 0.29) is 18.3 Å². The zero-order valence-corrected chi connectivity index (χ0v) is 14.4. The van der Waals surface area contributed by atoms with E-state index < -0.39 is 0 Å². The standard InChI is InChI=1S/C16H15N3O3S2/c1-21-12-7-3-2-6-11(12)19-14(17)13(24-16(19)23)15(20)18-9-10-5-4-8-22-10/h2-8H,9,17H2,1H3,(H,18,20). The third-order valence-corrected chi connectivity index (χ3v) is 4.77. The minimum Gasteiger partial charge on any atom is -0.495 e. The first-order valence-corrected chi connectivity index (χ1v) is 8.29. The Balaban J connectivity index is 1.92. The molecule has 0 spiro atoms. The van der Waals surface area contributed by atoms with Gasteiger partial charge in [-0.25, -0.2) is 0 Å². The highest BCUT2D eigenvalue weighted by atomic mass is 32.1. The Kier molecular flexibility index (Phi) is 4.68. The number of hydrogen-bond acceptors (Lipinski definition) is 6. The molecule has 0 bridgehead atoms. The number of rotatable bonds is 5. The predicted molar refractivity (Wildman–Crippen MR) is 95.3 cm³/mol. The minimum atomic E-state index is -0.298. The Hall–Kier alpha value is -2.58. The first-order chi connectivity index (χ1) is 11.6. The van der Waals surface area contributed by atoms with Crippen LogP contribution in [0.4, 0.5) is 5.82 Å². The van der Waals surface area contributed by atoms with Crippen LogP contribution in [-0.2, 0) is 6.54 Å². The van der Waals surface area contributed by atoms with Crippen molar-refractivity contribution in [3.8, 4) is 11.4 Å². The molecule has 2 aromatic heterocycles. The van der Waals surface area contributed by atoms with Crippen molar-refractivity contribution in [2.45, 2.75) is 6.54 Å². The van der Waals surface area contributed by atoms with Gasteiger partial charge in [0.05, 0.1) is 25.6 Å². The molecular formula is C16H15N3O3S2. The smallest absolute Gasteiger partial charge is 0.265 e. The summed E-state index contributed by atoms with van der Waals surface area (Å²) in [6, 6.07) is 10.9. The summed E-state index contributed by atoms with van der Waals surface area (Å²) in [6.07, 6.45) is 1.55. The van der Waals surface area contributed by atoms with Crippen LogP contribution in [0.2, 0.25) is 0 Å². The van der Waals surface area contributed by atoms with E-state index in [1.54, 1.807) is 30.1 Å². The number of nitrogen functional groups attached to an aromatic ring is 1. The Morgan fingerprint density at radius 3 is 2.88 bits per heavy atom. The maximum atomic E-state index is 12.4. The van der Waals surface area contributed by atoms with Gasteiger partial charge < -0.3 is 20.2 Å². The van der Waals surface area contributed by atoms with Crippen molar-refractivity contribution in [2.75, 3.05) is 12.8 Å². The van der Waals surface area contributed by atoms with Crippen LogP contribution in [0.5, 0.6) is 5.75 Å². The van der Waals surface area contributed by atoms with Crippen LogP contribution in [0.1, 0.15) is 15.4 Å². The summed E-state index contributed by atoms with van der Waals surface area (Å²) in [5.74, 6) is 1.27. The van der Waals surface area contributed by atoms with Crippen LogP contribution in [0.25, 0.3) is 5.69 Å². The topological polar surface area (TPSA) is 82.4 Å². The van der Waals surface area contributed by atoms with Crippen molar-refractivity contribution in [1.82, 2.24) is 9.88 Å². The molecule has 3 N–H and O–H groups in total. The largest absolute Gasteiger partial charge is 0.495 e. The number of amides is 1. The third kappa shape index (κ3) is 3.06. The molecule has 3 rings (SSSR count). The monoisotopic (exact) mass is 361 g/mol. The Bertz CT molecular complexity index is 913. The van der Waals surface area contributed by atoms with Crippen LogP contribution in [0.3, 0.4) is 0 Å². The zero-order chi connectivity index (χ0) is 17.1. The number of para-hydroxylation sites is 2. The molecule has 1 amide bonds. The maximum Gasteiger partial charge on any atom is 0.265 e. The first-order valence-electron chi connectivity index (χ1n) is 7.07. The fourth-order valence-corrected chi connectivity index (χ4v) is 3.52. The second-order valence-corrected chi connectivity index (χ2v) is 6.50. The molecule has 0 aliphatic heterocycles. The number of nitrogens with two attached hydrogens (primary N) is 1. The molecule has 8 heteroatoms. The van der Waals surface area contributed by atoms with Crippen LogP contribution < -0.4 is 15.8 Å². The molecule has 0 aliphatic carbocycles. The van der Waals surface area contributed by atoms with E-state index in [0.29, 0.717) is 26.0 Å². The van der Waals surface area contributed by atoms with E-state index in [1.807, 2.05) is 24.3 Å². The number of aromatic nitrogens is 1. The van der Waals surface area contributed by atoms with E-state index in [0.717, 1.165) is 11.3 Å². The summed E-state index contributed by atoms with van der Waals surface area (Å²) in [5.41, 5.74) is 6.87. The van der Waals surface area contributed by atoms with Crippen LogP contribution >= 0.6 is 23.6 Å². The lowest BCUT2D eigenvalue weighted by Gasteiger charge is -2.11. The summed E-state index contributed by atoms with van der Waals surface area (Å²) in [4.78, 5) is 12.8. The predicted octanol–water partition coefficient (Wildman–Crippen LogP) is 3.38. The molecule has 0 atom stereocenters. The summed E-state index contributed by atoms with van der Waals surface area (Å²) >= 11 is 6.54. The highest BCUT2D eigenvalue weighted by Crippen LogP contribution is 2.31. The van der Waals surface area contributed by atoms with Gasteiger partial charge in [-0.3, -0.25) is 9.36 Å². The van der Waals surface area contributed by atoms with E-state index in [4.69, 9.17) is 27.1 Å².